The second-order valence-electron chi connectivity index (χ2n) is 5.19. The molecule has 0 bridgehead atoms. The van der Waals surface area contributed by atoms with Crippen LogP contribution in [0.2, 0.25) is 4.47 Å². The molecule has 2 aromatic rings. The number of carbonyl (C=O) groups is 1. The van der Waals surface area contributed by atoms with Gasteiger partial charge in [-0.2, -0.15) is 0 Å². The number of carbonyl (C=O) groups excluding carboxylic acids is 1. The van der Waals surface area contributed by atoms with Gasteiger partial charge in [-0.05, 0) is 42.0 Å². The van der Waals surface area contributed by atoms with E-state index in [9.17, 15) is 4.79 Å². The van der Waals surface area contributed by atoms with Crippen LogP contribution in [0.3, 0.4) is 0 Å². The second-order valence-corrected chi connectivity index (χ2v) is 6.75. The Kier molecular flexibility index (Phi) is 4.22. The summed E-state index contributed by atoms with van der Waals surface area (Å²) in [5.74, 6) is -0.0681. The smallest absolute Gasteiger partial charge is 0.285 e. The molecule has 1 aromatic carbocycles. The molecule has 0 spiro atoms. The van der Waals surface area contributed by atoms with Gasteiger partial charge in [-0.3, -0.25) is 4.79 Å². The Morgan fingerprint density at radius 1 is 1.29 bits per heavy atom. The Labute approximate surface area is 132 Å². The van der Waals surface area contributed by atoms with Crippen molar-refractivity contribution in [2.45, 2.75) is 38.8 Å². The molecule has 6 heteroatoms. The first-order valence-electron chi connectivity index (χ1n) is 7.05. The Balaban J connectivity index is 1.76. The zero-order valence-corrected chi connectivity index (χ0v) is 13.3. The molecule has 1 amide bonds. The van der Waals surface area contributed by atoms with E-state index in [1.54, 1.807) is 0 Å². The first-order chi connectivity index (χ1) is 10.2. The summed E-state index contributed by atoms with van der Waals surface area (Å²) in [5, 5.41) is 7.95. The fourth-order valence-electron chi connectivity index (χ4n) is 2.24. The first kappa shape index (κ1) is 14.5. The maximum atomic E-state index is 12.5. The van der Waals surface area contributed by atoms with Gasteiger partial charge in [0.1, 0.15) is 0 Å². The lowest BCUT2D eigenvalue weighted by atomic mass is 10.1. The maximum Gasteiger partial charge on any atom is 0.285 e. The normalized spacial score (nSPS) is 14.2. The van der Waals surface area contributed by atoms with Crippen molar-refractivity contribution in [3.05, 3.63) is 44.9 Å². The molecule has 0 N–H and O–H groups in total. The van der Waals surface area contributed by atoms with Gasteiger partial charge in [0.15, 0.2) is 0 Å². The van der Waals surface area contributed by atoms with Crippen LogP contribution in [0.1, 0.15) is 40.7 Å². The quantitative estimate of drug-likeness (QED) is 0.846. The average molecular weight is 322 g/mol. The maximum absolute atomic E-state index is 12.5. The van der Waals surface area contributed by atoms with Crippen molar-refractivity contribution >= 4 is 28.8 Å². The Bertz CT molecular complexity index is 637. The predicted octanol–water partition coefficient (Wildman–Crippen LogP) is 3.56. The molecule has 4 nitrogen and oxygen atoms in total. The van der Waals surface area contributed by atoms with Crippen LogP contribution in [-0.2, 0) is 13.0 Å². The third kappa shape index (κ3) is 3.41. The standard InChI is InChI=1S/C15H16ClN3OS/c1-2-10-3-5-11(6-4-10)9-19(12-7-8-12)14(20)13-17-18-15(16)21-13/h3-6,12H,2,7-9H2,1H3. The van der Waals surface area contributed by atoms with Crippen molar-refractivity contribution in [2.24, 2.45) is 0 Å². The van der Waals surface area contributed by atoms with E-state index in [2.05, 4.69) is 41.4 Å². The van der Waals surface area contributed by atoms with E-state index in [4.69, 9.17) is 11.6 Å². The largest absolute Gasteiger partial charge is 0.329 e. The average Bonchev–Trinajstić information content (AvgIpc) is 3.26. The molecular weight excluding hydrogens is 306 g/mol. The zero-order valence-electron chi connectivity index (χ0n) is 11.8. The summed E-state index contributed by atoms with van der Waals surface area (Å²) in [6, 6.07) is 8.74. The van der Waals surface area contributed by atoms with E-state index >= 15 is 0 Å². The molecule has 0 aliphatic heterocycles. The van der Waals surface area contributed by atoms with Gasteiger partial charge < -0.3 is 4.90 Å². The molecule has 1 aliphatic carbocycles. The molecule has 1 aromatic heterocycles. The third-order valence-electron chi connectivity index (χ3n) is 3.62. The number of hydrogen-bond donors (Lipinski definition) is 0. The lowest BCUT2D eigenvalue weighted by Gasteiger charge is -2.21. The SMILES string of the molecule is CCc1ccc(CN(C(=O)c2nnc(Cl)s2)C2CC2)cc1. The number of halogens is 1. The van der Waals surface area contributed by atoms with Crippen molar-refractivity contribution in [1.82, 2.24) is 15.1 Å². The number of amides is 1. The van der Waals surface area contributed by atoms with Crippen molar-refractivity contribution in [1.29, 1.82) is 0 Å². The predicted molar refractivity (Wildman–Crippen MR) is 83.6 cm³/mol. The van der Waals surface area contributed by atoms with E-state index in [0.717, 1.165) is 36.2 Å². The molecule has 0 atom stereocenters. The highest BCUT2D eigenvalue weighted by Gasteiger charge is 2.34. The van der Waals surface area contributed by atoms with Gasteiger partial charge in [-0.1, -0.05) is 42.5 Å². The minimum atomic E-state index is -0.0681. The van der Waals surface area contributed by atoms with Crippen LogP contribution < -0.4 is 0 Å². The summed E-state index contributed by atoms with van der Waals surface area (Å²) in [6.07, 6.45) is 3.14. The highest BCUT2D eigenvalue weighted by atomic mass is 35.5. The van der Waals surface area contributed by atoms with Gasteiger partial charge >= 0.3 is 0 Å². The summed E-state index contributed by atoms with van der Waals surface area (Å²) in [4.78, 5) is 14.4. The topological polar surface area (TPSA) is 46.1 Å². The van der Waals surface area contributed by atoms with E-state index in [1.807, 2.05) is 4.90 Å². The molecular formula is C15H16ClN3OS. The van der Waals surface area contributed by atoms with Crippen LogP contribution in [0, 0.1) is 0 Å². The summed E-state index contributed by atoms with van der Waals surface area (Å²) >= 11 is 6.91. The number of nitrogens with zero attached hydrogens (tertiary/aromatic N) is 3. The van der Waals surface area contributed by atoms with Gasteiger partial charge in [-0.15, -0.1) is 10.2 Å². The minimum absolute atomic E-state index is 0.0681. The molecule has 110 valence electrons. The fraction of sp³-hybridized carbons (Fsp3) is 0.400. The molecule has 21 heavy (non-hydrogen) atoms. The molecule has 1 saturated carbocycles. The van der Waals surface area contributed by atoms with Crippen molar-refractivity contribution in [2.75, 3.05) is 0 Å². The second kappa shape index (κ2) is 6.12. The van der Waals surface area contributed by atoms with Crippen molar-refractivity contribution in [3.63, 3.8) is 0 Å². The molecule has 1 aliphatic rings. The summed E-state index contributed by atoms with van der Waals surface area (Å²) in [7, 11) is 0. The van der Waals surface area contributed by atoms with Crippen molar-refractivity contribution in [3.8, 4) is 0 Å². The van der Waals surface area contributed by atoms with E-state index in [-0.39, 0.29) is 5.91 Å². The van der Waals surface area contributed by atoms with Gasteiger partial charge in [-0.25, -0.2) is 0 Å². The highest BCUT2D eigenvalue weighted by molar-refractivity contribution is 7.17. The van der Waals surface area contributed by atoms with E-state index in [0.29, 0.717) is 22.1 Å². The molecule has 0 saturated heterocycles. The lowest BCUT2D eigenvalue weighted by molar-refractivity contribution is 0.0728. The number of aryl methyl sites for hydroxylation is 1. The summed E-state index contributed by atoms with van der Waals surface area (Å²) < 4.78 is 0.307. The fourth-order valence-corrected chi connectivity index (χ4v) is 3.03. The Morgan fingerprint density at radius 2 is 1.95 bits per heavy atom. The highest BCUT2D eigenvalue weighted by Crippen LogP contribution is 2.30. The molecule has 3 rings (SSSR count). The van der Waals surface area contributed by atoms with Crippen molar-refractivity contribution < 1.29 is 4.79 Å². The van der Waals surface area contributed by atoms with Crippen LogP contribution >= 0.6 is 22.9 Å². The molecule has 0 unspecified atom stereocenters. The van der Waals surface area contributed by atoms with Gasteiger partial charge in [0, 0.05) is 12.6 Å². The summed E-state index contributed by atoms with van der Waals surface area (Å²) in [6.45, 7) is 2.75. The molecule has 1 heterocycles. The van der Waals surface area contributed by atoms with E-state index in [1.165, 1.54) is 5.56 Å². The monoisotopic (exact) mass is 321 g/mol. The van der Waals surface area contributed by atoms with Gasteiger partial charge in [0.2, 0.25) is 9.47 Å². The van der Waals surface area contributed by atoms with Crippen LogP contribution in [-0.4, -0.2) is 27.0 Å². The Morgan fingerprint density at radius 3 is 2.48 bits per heavy atom. The minimum Gasteiger partial charge on any atom is -0.329 e. The summed E-state index contributed by atoms with van der Waals surface area (Å²) in [5.41, 5.74) is 2.45. The number of hydrogen-bond acceptors (Lipinski definition) is 4. The zero-order chi connectivity index (χ0) is 14.8. The van der Waals surface area contributed by atoms with Crippen LogP contribution in [0.5, 0.6) is 0 Å². The lowest BCUT2D eigenvalue weighted by Crippen LogP contribution is -2.32. The molecule has 1 fully saturated rings. The third-order valence-corrected chi connectivity index (χ3v) is 4.62. The number of aromatic nitrogens is 2. The van der Waals surface area contributed by atoms with Crippen LogP contribution in [0.15, 0.2) is 24.3 Å². The van der Waals surface area contributed by atoms with Crippen LogP contribution in [0.25, 0.3) is 0 Å². The Hall–Kier alpha value is -1.46. The first-order valence-corrected chi connectivity index (χ1v) is 8.24. The van der Waals surface area contributed by atoms with Crippen LogP contribution in [0.4, 0.5) is 0 Å². The number of benzene rings is 1. The number of rotatable bonds is 5. The van der Waals surface area contributed by atoms with Gasteiger partial charge in [0.05, 0.1) is 0 Å². The van der Waals surface area contributed by atoms with E-state index < -0.39 is 0 Å². The van der Waals surface area contributed by atoms with Gasteiger partial charge in [0.25, 0.3) is 5.91 Å². The molecule has 0 radical (unpaired) electrons.